The number of rotatable bonds is 2. The Morgan fingerprint density at radius 2 is 2.29 bits per heavy atom. The molecule has 14 heavy (non-hydrogen) atoms. The number of aryl methyl sites for hydroxylation is 1. The van der Waals surface area contributed by atoms with Gasteiger partial charge in [-0.15, -0.1) is 0 Å². The van der Waals surface area contributed by atoms with E-state index < -0.39 is 0 Å². The van der Waals surface area contributed by atoms with Gasteiger partial charge in [-0.1, -0.05) is 18.5 Å². The van der Waals surface area contributed by atoms with Gasteiger partial charge in [0.1, 0.15) is 5.15 Å². The lowest BCUT2D eigenvalue weighted by Crippen LogP contribution is -2.00. The normalized spacial score (nSPS) is 10.4. The van der Waals surface area contributed by atoms with E-state index >= 15 is 0 Å². The van der Waals surface area contributed by atoms with Crippen LogP contribution in [0.4, 0.5) is 0 Å². The van der Waals surface area contributed by atoms with Crippen molar-refractivity contribution in [2.45, 2.75) is 13.3 Å². The molecule has 2 aromatic rings. The highest BCUT2D eigenvalue weighted by Crippen LogP contribution is 2.14. The average Bonchev–Trinajstić information content (AvgIpc) is 2.61. The lowest BCUT2D eigenvalue weighted by Gasteiger charge is -1.99. The van der Waals surface area contributed by atoms with Gasteiger partial charge in [0, 0.05) is 12.4 Å². The number of nitrogens with zero attached hydrogens (tertiary/aromatic N) is 4. The van der Waals surface area contributed by atoms with E-state index in [1.807, 2.05) is 13.0 Å². The summed E-state index contributed by atoms with van der Waals surface area (Å²) in [6.45, 7) is 2.03. The summed E-state index contributed by atoms with van der Waals surface area (Å²) in [5.41, 5.74) is 0.945. The third-order valence-corrected chi connectivity index (χ3v) is 2.11. The molecule has 0 N–H and O–H groups in total. The minimum absolute atomic E-state index is 0.558. The SMILES string of the molecule is CCc1cc(Cl)n(-c2cnccn2)n1. The molecule has 0 aromatic carbocycles. The molecule has 0 aliphatic heterocycles. The molecule has 0 spiro atoms. The van der Waals surface area contributed by atoms with E-state index in [0.29, 0.717) is 11.0 Å². The zero-order valence-electron chi connectivity index (χ0n) is 7.68. The van der Waals surface area contributed by atoms with E-state index in [1.165, 1.54) is 0 Å². The fourth-order valence-corrected chi connectivity index (χ4v) is 1.39. The van der Waals surface area contributed by atoms with Crippen LogP contribution in [0.5, 0.6) is 0 Å². The van der Waals surface area contributed by atoms with Gasteiger partial charge in [0.15, 0.2) is 5.82 Å². The second-order valence-electron chi connectivity index (χ2n) is 2.79. The second kappa shape index (κ2) is 3.75. The molecule has 0 amide bonds. The first-order valence-electron chi connectivity index (χ1n) is 4.32. The average molecular weight is 209 g/mol. The van der Waals surface area contributed by atoms with Crippen LogP contribution in [-0.2, 0) is 6.42 Å². The van der Waals surface area contributed by atoms with Crippen molar-refractivity contribution in [1.82, 2.24) is 19.7 Å². The van der Waals surface area contributed by atoms with Crippen molar-refractivity contribution in [2.24, 2.45) is 0 Å². The Kier molecular flexibility index (Phi) is 2.45. The lowest BCUT2D eigenvalue weighted by atomic mass is 10.3. The highest BCUT2D eigenvalue weighted by Gasteiger charge is 2.06. The van der Waals surface area contributed by atoms with Crippen molar-refractivity contribution in [2.75, 3.05) is 0 Å². The molecule has 5 heteroatoms. The van der Waals surface area contributed by atoms with Crippen LogP contribution < -0.4 is 0 Å². The van der Waals surface area contributed by atoms with Crippen molar-refractivity contribution in [1.29, 1.82) is 0 Å². The van der Waals surface area contributed by atoms with E-state index in [4.69, 9.17) is 11.6 Å². The van der Waals surface area contributed by atoms with Gasteiger partial charge in [-0.3, -0.25) is 4.98 Å². The van der Waals surface area contributed by atoms with Crippen molar-refractivity contribution < 1.29 is 0 Å². The third kappa shape index (κ3) is 1.61. The molecule has 0 bridgehead atoms. The smallest absolute Gasteiger partial charge is 0.173 e. The van der Waals surface area contributed by atoms with Crippen LogP contribution in [0.2, 0.25) is 5.15 Å². The van der Waals surface area contributed by atoms with Gasteiger partial charge in [-0.2, -0.15) is 5.10 Å². The van der Waals surface area contributed by atoms with Crippen molar-refractivity contribution in [3.63, 3.8) is 0 Å². The number of hydrogen-bond donors (Lipinski definition) is 0. The Morgan fingerprint density at radius 3 is 2.86 bits per heavy atom. The largest absolute Gasteiger partial charge is 0.259 e. The molecule has 0 radical (unpaired) electrons. The lowest BCUT2D eigenvalue weighted by molar-refractivity contribution is 0.810. The third-order valence-electron chi connectivity index (χ3n) is 1.85. The molecule has 2 heterocycles. The molecular formula is C9H9ClN4. The van der Waals surface area contributed by atoms with Crippen LogP contribution in [0, 0.1) is 0 Å². The van der Waals surface area contributed by atoms with Gasteiger partial charge >= 0.3 is 0 Å². The Bertz CT molecular complexity index is 424. The predicted molar refractivity (Wildman–Crippen MR) is 53.5 cm³/mol. The first-order valence-corrected chi connectivity index (χ1v) is 4.70. The summed E-state index contributed by atoms with van der Waals surface area (Å²) in [4.78, 5) is 8.07. The number of hydrogen-bond acceptors (Lipinski definition) is 3. The van der Waals surface area contributed by atoms with Crippen LogP contribution in [0.25, 0.3) is 5.82 Å². The molecule has 0 unspecified atom stereocenters. The summed E-state index contributed by atoms with van der Waals surface area (Å²) >= 11 is 5.99. The molecule has 4 nitrogen and oxygen atoms in total. The van der Waals surface area contributed by atoms with Crippen LogP contribution in [0.15, 0.2) is 24.7 Å². The van der Waals surface area contributed by atoms with Crippen molar-refractivity contribution in [3.8, 4) is 5.82 Å². The van der Waals surface area contributed by atoms with Crippen LogP contribution in [0.3, 0.4) is 0 Å². The van der Waals surface area contributed by atoms with Gasteiger partial charge in [0.25, 0.3) is 0 Å². The van der Waals surface area contributed by atoms with Crippen LogP contribution in [-0.4, -0.2) is 19.7 Å². The Balaban J connectivity index is 2.46. The van der Waals surface area contributed by atoms with Crippen molar-refractivity contribution >= 4 is 11.6 Å². The topological polar surface area (TPSA) is 43.6 Å². The van der Waals surface area contributed by atoms with Gasteiger partial charge in [0.05, 0.1) is 11.9 Å². The van der Waals surface area contributed by atoms with Gasteiger partial charge in [-0.05, 0) is 12.5 Å². The Hall–Kier alpha value is -1.42. The maximum absolute atomic E-state index is 5.99. The van der Waals surface area contributed by atoms with Crippen molar-refractivity contribution in [3.05, 3.63) is 35.5 Å². The highest BCUT2D eigenvalue weighted by atomic mass is 35.5. The predicted octanol–water partition coefficient (Wildman–Crippen LogP) is 1.88. The summed E-state index contributed by atoms with van der Waals surface area (Å²) < 4.78 is 1.58. The fraction of sp³-hybridized carbons (Fsp3) is 0.222. The molecule has 0 atom stereocenters. The van der Waals surface area contributed by atoms with Crippen LogP contribution in [0.1, 0.15) is 12.6 Å². The van der Waals surface area contributed by atoms with Crippen LogP contribution >= 0.6 is 11.6 Å². The summed E-state index contributed by atoms with van der Waals surface area (Å²) in [5.74, 6) is 0.636. The molecule has 0 saturated carbocycles. The number of halogens is 1. The zero-order chi connectivity index (χ0) is 9.97. The molecule has 2 aromatic heterocycles. The minimum atomic E-state index is 0.558. The maximum Gasteiger partial charge on any atom is 0.173 e. The zero-order valence-corrected chi connectivity index (χ0v) is 8.44. The van der Waals surface area contributed by atoms with E-state index in [1.54, 1.807) is 23.3 Å². The summed E-state index contributed by atoms with van der Waals surface area (Å²) in [6.07, 6.45) is 5.70. The molecule has 72 valence electrons. The summed E-state index contributed by atoms with van der Waals surface area (Å²) in [5, 5.41) is 4.84. The summed E-state index contributed by atoms with van der Waals surface area (Å²) in [6, 6.07) is 1.83. The van der Waals surface area contributed by atoms with E-state index in [0.717, 1.165) is 12.1 Å². The standard InChI is InChI=1S/C9H9ClN4/c1-2-7-5-8(10)14(13-7)9-6-11-3-4-12-9/h3-6H,2H2,1H3. The van der Waals surface area contributed by atoms with E-state index in [2.05, 4.69) is 15.1 Å². The molecule has 0 aliphatic rings. The van der Waals surface area contributed by atoms with E-state index in [9.17, 15) is 0 Å². The molecule has 0 aliphatic carbocycles. The molecule has 2 rings (SSSR count). The quantitative estimate of drug-likeness (QED) is 0.757. The molecule has 0 saturated heterocycles. The summed E-state index contributed by atoms with van der Waals surface area (Å²) in [7, 11) is 0. The maximum atomic E-state index is 5.99. The van der Waals surface area contributed by atoms with Gasteiger partial charge in [0.2, 0.25) is 0 Å². The Morgan fingerprint density at radius 1 is 1.43 bits per heavy atom. The Labute approximate surface area is 86.6 Å². The van der Waals surface area contributed by atoms with E-state index in [-0.39, 0.29) is 0 Å². The first-order chi connectivity index (χ1) is 6.81. The molecule has 0 fully saturated rings. The minimum Gasteiger partial charge on any atom is -0.259 e. The fourth-order valence-electron chi connectivity index (χ4n) is 1.14. The molecular weight excluding hydrogens is 200 g/mol. The monoisotopic (exact) mass is 208 g/mol. The highest BCUT2D eigenvalue weighted by molar-refractivity contribution is 6.29. The second-order valence-corrected chi connectivity index (χ2v) is 3.17. The van der Waals surface area contributed by atoms with Gasteiger partial charge in [-0.25, -0.2) is 9.67 Å². The first kappa shape index (κ1) is 9.15. The number of aromatic nitrogens is 4. The van der Waals surface area contributed by atoms with Gasteiger partial charge < -0.3 is 0 Å².